The minimum absolute atomic E-state index is 0.246. The molecule has 0 aliphatic carbocycles. The number of hydrogen-bond acceptors (Lipinski definition) is 6. The minimum atomic E-state index is -3.25. The number of amides is 1. The zero-order chi connectivity index (χ0) is 23.8. The highest BCUT2D eigenvalue weighted by atomic mass is 32.2. The highest BCUT2D eigenvalue weighted by Crippen LogP contribution is 2.28. The Hall–Kier alpha value is -2.94. The van der Waals surface area contributed by atoms with E-state index in [0.29, 0.717) is 25.6 Å². The van der Waals surface area contributed by atoms with Crippen molar-refractivity contribution in [1.82, 2.24) is 19.7 Å². The maximum atomic E-state index is 12.3. The number of carbonyl (C=O) groups is 1. The normalized spacial score (nSPS) is 15.7. The van der Waals surface area contributed by atoms with Crippen LogP contribution in [0.2, 0.25) is 0 Å². The average Bonchev–Trinajstić information content (AvgIpc) is 3.14. The van der Waals surface area contributed by atoms with Gasteiger partial charge in [-0.25, -0.2) is 13.2 Å². The van der Waals surface area contributed by atoms with E-state index in [9.17, 15) is 13.2 Å². The van der Waals surface area contributed by atoms with Crippen molar-refractivity contribution in [2.75, 3.05) is 19.3 Å². The highest BCUT2D eigenvalue weighted by molar-refractivity contribution is 7.90. The molecule has 0 saturated carbocycles. The van der Waals surface area contributed by atoms with Crippen LogP contribution >= 0.6 is 0 Å². The quantitative estimate of drug-likeness (QED) is 0.572. The van der Waals surface area contributed by atoms with Crippen LogP contribution in [0.1, 0.15) is 50.8 Å². The third kappa shape index (κ3) is 5.71. The van der Waals surface area contributed by atoms with Gasteiger partial charge in [0, 0.05) is 37.1 Å². The summed E-state index contributed by atoms with van der Waals surface area (Å²) in [6.45, 7) is 7.49. The summed E-state index contributed by atoms with van der Waals surface area (Å²) in [5, 5.41) is 5.31. The Bertz CT molecular complexity index is 1250. The first-order valence-corrected chi connectivity index (χ1v) is 13.0. The smallest absolute Gasteiger partial charge is 0.410 e. The molecule has 0 unspecified atom stereocenters. The van der Waals surface area contributed by atoms with Gasteiger partial charge in [-0.15, -0.1) is 0 Å². The Morgan fingerprint density at radius 1 is 1.15 bits per heavy atom. The van der Waals surface area contributed by atoms with Crippen LogP contribution in [0.15, 0.2) is 47.6 Å². The fraction of sp³-hybridized carbons (Fsp3) is 0.458. The fourth-order valence-electron chi connectivity index (χ4n) is 4.03. The molecular formula is C24H30N4O4S. The summed E-state index contributed by atoms with van der Waals surface area (Å²) < 4.78 is 30.8. The van der Waals surface area contributed by atoms with Crippen molar-refractivity contribution in [1.29, 1.82) is 0 Å². The monoisotopic (exact) mass is 470 g/mol. The Morgan fingerprint density at radius 2 is 1.88 bits per heavy atom. The molecule has 1 fully saturated rings. The van der Waals surface area contributed by atoms with Crippen molar-refractivity contribution in [3.05, 3.63) is 54.0 Å². The second kappa shape index (κ2) is 8.78. The van der Waals surface area contributed by atoms with E-state index < -0.39 is 15.4 Å². The van der Waals surface area contributed by atoms with E-state index in [1.165, 1.54) is 11.8 Å². The molecule has 4 rings (SSSR count). The van der Waals surface area contributed by atoms with Crippen LogP contribution in [-0.4, -0.2) is 59.1 Å². The lowest BCUT2D eigenvalue weighted by molar-refractivity contribution is 0.0205. The molecule has 0 N–H and O–H groups in total. The van der Waals surface area contributed by atoms with E-state index in [2.05, 4.69) is 16.1 Å². The molecule has 1 saturated heterocycles. The molecule has 3 heterocycles. The molecule has 2 aromatic heterocycles. The molecule has 1 aromatic carbocycles. The SMILES string of the molecule is CC(C)(C)OC(=O)N1CCC(c2ccc(Cn3cc4cc(S(C)(=O)=O)ccc4n3)nc2)CC1. The van der Waals surface area contributed by atoms with Gasteiger partial charge in [0.05, 0.1) is 22.7 Å². The van der Waals surface area contributed by atoms with Gasteiger partial charge in [-0.1, -0.05) is 6.07 Å². The van der Waals surface area contributed by atoms with Crippen molar-refractivity contribution in [3.63, 3.8) is 0 Å². The van der Waals surface area contributed by atoms with Gasteiger partial charge < -0.3 is 9.64 Å². The first-order chi connectivity index (χ1) is 15.5. The predicted molar refractivity (Wildman–Crippen MR) is 126 cm³/mol. The van der Waals surface area contributed by atoms with E-state index >= 15 is 0 Å². The molecule has 0 atom stereocenters. The van der Waals surface area contributed by atoms with Crippen LogP contribution < -0.4 is 0 Å². The molecule has 33 heavy (non-hydrogen) atoms. The largest absolute Gasteiger partial charge is 0.444 e. The lowest BCUT2D eigenvalue weighted by Crippen LogP contribution is -2.41. The molecule has 0 radical (unpaired) electrons. The van der Waals surface area contributed by atoms with Crippen molar-refractivity contribution in [2.24, 2.45) is 0 Å². The molecule has 0 spiro atoms. The zero-order valence-corrected chi connectivity index (χ0v) is 20.3. The number of benzene rings is 1. The standard InChI is InChI=1S/C24H30N4O4S/c1-24(2,3)32-23(29)27-11-9-17(10-12-27)18-5-6-20(25-14-18)16-28-15-19-13-21(33(4,30)31)7-8-22(19)26-28/h5-8,13-15,17H,9-12,16H2,1-4H3. The number of rotatable bonds is 4. The number of aromatic nitrogens is 3. The Kier molecular flexibility index (Phi) is 6.18. The van der Waals surface area contributed by atoms with Crippen molar-refractivity contribution >= 4 is 26.8 Å². The van der Waals surface area contributed by atoms with Crippen LogP contribution in [0.25, 0.3) is 10.9 Å². The van der Waals surface area contributed by atoms with Gasteiger partial charge in [-0.2, -0.15) is 5.10 Å². The number of hydrogen-bond donors (Lipinski definition) is 0. The van der Waals surface area contributed by atoms with Gasteiger partial charge >= 0.3 is 6.09 Å². The zero-order valence-electron chi connectivity index (χ0n) is 19.5. The molecule has 0 bridgehead atoms. The lowest BCUT2D eigenvalue weighted by atomic mass is 9.90. The number of carbonyl (C=O) groups excluding carboxylic acids is 1. The summed E-state index contributed by atoms with van der Waals surface area (Å²) in [5.74, 6) is 0.368. The van der Waals surface area contributed by atoms with Crippen LogP contribution in [0.3, 0.4) is 0 Å². The first kappa shape index (κ1) is 23.2. The number of piperidine rings is 1. The number of pyridine rings is 1. The third-order valence-corrected chi connectivity index (χ3v) is 6.85. The van der Waals surface area contributed by atoms with Crippen molar-refractivity contribution in [3.8, 4) is 0 Å². The second-order valence-corrected chi connectivity index (χ2v) is 11.7. The Labute approximate surface area is 194 Å². The Morgan fingerprint density at radius 3 is 2.48 bits per heavy atom. The summed E-state index contributed by atoms with van der Waals surface area (Å²) in [5.41, 5.74) is 2.31. The number of likely N-dealkylation sites (tertiary alicyclic amines) is 1. The van der Waals surface area contributed by atoms with Crippen LogP contribution in [0, 0.1) is 0 Å². The number of ether oxygens (including phenoxy) is 1. The molecular weight excluding hydrogens is 440 g/mol. The van der Waals surface area contributed by atoms with E-state index in [-0.39, 0.29) is 11.0 Å². The lowest BCUT2D eigenvalue weighted by Gasteiger charge is -2.33. The predicted octanol–water partition coefficient (Wildman–Crippen LogP) is 4.00. The van der Waals surface area contributed by atoms with Crippen molar-refractivity contribution < 1.29 is 17.9 Å². The summed E-state index contributed by atoms with van der Waals surface area (Å²) in [6, 6.07) is 9.05. The summed E-state index contributed by atoms with van der Waals surface area (Å²) in [6.07, 6.45) is 6.47. The van der Waals surface area contributed by atoms with Crippen LogP contribution in [0.5, 0.6) is 0 Å². The number of sulfone groups is 1. The molecule has 8 nitrogen and oxygen atoms in total. The van der Waals surface area contributed by atoms with Gasteiger partial charge in [-0.3, -0.25) is 9.67 Å². The Balaban J connectivity index is 1.38. The molecule has 1 amide bonds. The van der Waals surface area contributed by atoms with Crippen molar-refractivity contribution in [2.45, 2.75) is 56.6 Å². The molecule has 1 aliphatic rings. The molecule has 3 aromatic rings. The topological polar surface area (TPSA) is 94.4 Å². The minimum Gasteiger partial charge on any atom is -0.444 e. The molecule has 1 aliphatic heterocycles. The molecule has 9 heteroatoms. The van der Waals surface area contributed by atoms with E-state index in [0.717, 1.165) is 29.4 Å². The van der Waals surface area contributed by atoms with E-state index in [1.54, 1.807) is 27.8 Å². The maximum absolute atomic E-state index is 12.3. The highest BCUT2D eigenvalue weighted by Gasteiger charge is 2.27. The van der Waals surface area contributed by atoms with Crippen LogP contribution in [0.4, 0.5) is 4.79 Å². The van der Waals surface area contributed by atoms with Gasteiger partial charge in [0.2, 0.25) is 0 Å². The average molecular weight is 471 g/mol. The van der Waals surface area contributed by atoms with Gasteiger partial charge in [0.15, 0.2) is 9.84 Å². The summed E-state index contributed by atoms with van der Waals surface area (Å²) in [4.78, 5) is 18.9. The first-order valence-electron chi connectivity index (χ1n) is 11.1. The van der Waals surface area contributed by atoms with Gasteiger partial charge in [-0.05, 0) is 69.4 Å². The second-order valence-electron chi connectivity index (χ2n) is 9.64. The van der Waals surface area contributed by atoms with Gasteiger partial charge in [0.1, 0.15) is 5.60 Å². The van der Waals surface area contributed by atoms with Gasteiger partial charge in [0.25, 0.3) is 0 Å². The van der Waals surface area contributed by atoms with E-state index in [1.807, 2.05) is 39.2 Å². The summed E-state index contributed by atoms with van der Waals surface area (Å²) >= 11 is 0. The van der Waals surface area contributed by atoms with E-state index in [4.69, 9.17) is 4.74 Å². The van der Waals surface area contributed by atoms with Crippen LogP contribution in [-0.2, 0) is 21.1 Å². The fourth-order valence-corrected chi connectivity index (χ4v) is 4.68. The third-order valence-electron chi connectivity index (χ3n) is 5.74. The number of nitrogens with zero attached hydrogens (tertiary/aromatic N) is 4. The molecule has 176 valence electrons. The maximum Gasteiger partial charge on any atom is 0.410 e. The number of fused-ring (bicyclic) bond motifs is 1. The summed E-state index contributed by atoms with van der Waals surface area (Å²) in [7, 11) is -3.25.